The Hall–Kier alpha value is -1.09. The molecule has 0 aromatic carbocycles. The van der Waals surface area contributed by atoms with Gasteiger partial charge in [-0.15, -0.1) is 0 Å². The normalized spacial score (nSPS) is 28.5. The Morgan fingerprint density at radius 2 is 2.27 bits per heavy atom. The van der Waals surface area contributed by atoms with Crippen molar-refractivity contribution in [2.24, 2.45) is 5.92 Å². The van der Waals surface area contributed by atoms with Crippen LogP contribution in [0.25, 0.3) is 0 Å². The first-order valence-electron chi connectivity index (χ1n) is 2.96. The van der Waals surface area contributed by atoms with Crippen LogP contribution in [0, 0.1) is 17.4 Å². The molecule has 1 saturated heterocycles. The second-order valence-corrected chi connectivity index (χ2v) is 4.15. The summed E-state index contributed by atoms with van der Waals surface area (Å²) >= 11 is 0. The van der Waals surface area contributed by atoms with Crippen molar-refractivity contribution in [2.75, 3.05) is 6.54 Å². The summed E-state index contributed by atoms with van der Waals surface area (Å²) in [4.78, 5) is 10.8. The van der Waals surface area contributed by atoms with Crippen LogP contribution in [0.15, 0.2) is 0 Å². The molecule has 5 nitrogen and oxygen atoms in total. The third-order valence-corrected chi connectivity index (χ3v) is 3.22. The van der Waals surface area contributed by atoms with Crippen molar-refractivity contribution in [2.45, 2.75) is 6.92 Å². The summed E-state index contributed by atoms with van der Waals surface area (Å²) in [5, 5.41) is 7.42. The molecule has 0 spiro atoms. The zero-order chi connectivity index (χ0) is 8.65. The molecule has 0 saturated carbocycles. The smallest absolute Gasteiger partial charge is 0.279 e. The van der Waals surface area contributed by atoms with Crippen LogP contribution in [0.5, 0.6) is 0 Å². The van der Waals surface area contributed by atoms with Crippen molar-refractivity contribution >= 4 is 15.1 Å². The molecule has 0 N–H and O–H groups in total. The molecule has 60 valence electrons. The van der Waals surface area contributed by atoms with Gasteiger partial charge in [0, 0.05) is 0 Å². The van der Waals surface area contributed by atoms with Crippen LogP contribution < -0.4 is 0 Å². The fourth-order valence-corrected chi connectivity index (χ4v) is 2.21. The summed E-state index contributed by atoms with van der Waals surface area (Å²) in [6.45, 7) is 1.47. The van der Waals surface area contributed by atoms with Crippen LogP contribution in [0.4, 0.5) is 0 Å². The first kappa shape index (κ1) is 8.01. The molecule has 1 heterocycles. The van der Waals surface area contributed by atoms with Crippen molar-refractivity contribution in [3.8, 4) is 6.19 Å². The van der Waals surface area contributed by atoms with Gasteiger partial charge in [-0.05, 0) is 0 Å². The second kappa shape index (κ2) is 2.20. The van der Waals surface area contributed by atoms with Crippen molar-refractivity contribution in [1.82, 2.24) is 4.31 Å². The van der Waals surface area contributed by atoms with Crippen molar-refractivity contribution in [3.05, 3.63) is 0 Å². The van der Waals surface area contributed by atoms with E-state index in [4.69, 9.17) is 5.26 Å². The number of carbonyl (C=O) groups is 1. The molecular weight excluding hydrogens is 168 g/mol. The largest absolute Gasteiger partial charge is 0.306 e. The van der Waals surface area contributed by atoms with Gasteiger partial charge >= 0.3 is 10.0 Å². The van der Waals surface area contributed by atoms with Gasteiger partial charge in [0.2, 0.25) is 0 Å². The Bertz CT molecular complexity index is 326. The first-order chi connectivity index (χ1) is 5.00. The molecule has 0 bridgehead atoms. The average Bonchev–Trinajstić information content (AvgIpc) is 2.13. The van der Waals surface area contributed by atoms with Crippen LogP contribution in [0.1, 0.15) is 6.92 Å². The Labute approximate surface area is 64.3 Å². The highest BCUT2D eigenvalue weighted by atomic mass is 32.2. The van der Waals surface area contributed by atoms with Crippen molar-refractivity contribution in [3.63, 3.8) is 0 Å². The van der Waals surface area contributed by atoms with Crippen LogP contribution >= 0.6 is 0 Å². The van der Waals surface area contributed by atoms with E-state index in [0.717, 1.165) is 0 Å². The minimum absolute atomic E-state index is 0.0162. The van der Waals surface area contributed by atoms with Gasteiger partial charge in [0.15, 0.2) is 6.19 Å². The molecule has 0 aromatic heterocycles. The van der Waals surface area contributed by atoms with Gasteiger partial charge in [0.1, 0.15) is 0 Å². The van der Waals surface area contributed by atoms with Crippen molar-refractivity contribution < 1.29 is 13.2 Å². The van der Waals surface area contributed by atoms with E-state index in [-0.39, 0.29) is 6.54 Å². The van der Waals surface area contributed by atoms with Gasteiger partial charge in [-0.1, -0.05) is 6.92 Å². The Morgan fingerprint density at radius 3 is 2.45 bits per heavy atom. The van der Waals surface area contributed by atoms with E-state index in [9.17, 15) is 13.2 Å². The number of nitrogens with zero attached hydrogens (tertiary/aromatic N) is 2. The Kier molecular flexibility index (Phi) is 1.60. The average molecular weight is 174 g/mol. The van der Waals surface area contributed by atoms with Crippen LogP contribution in [-0.2, 0) is 14.8 Å². The standard InChI is InChI=1S/C5H6N2O3S/c1-4-2-7(3-6)11(9,10)5(4)8/h4H,2H2,1H3. The number of sulfonamides is 1. The lowest BCUT2D eigenvalue weighted by Gasteiger charge is -2.00. The van der Waals surface area contributed by atoms with E-state index in [0.29, 0.717) is 4.31 Å². The lowest BCUT2D eigenvalue weighted by molar-refractivity contribution is -0.113. The van der Waals surface area contributed by atoms with E-state index in [1.807, 2.05) is 0 Å². The molecule has 1 rings (SSSR count). The van der Waals surface area contributed by atoms with E-state index in [1.165, 1.54) is 13.1 Å². The molecule has 0 radical (unpaired) electrons. The maximum Gasteiger partial charge on any atom is 0.306 e. The van der Waals surface area contributed by atoms with Gasteiger partial charge < -0.3 is 0 Å². The topological polar surface area (TPSA) is 78.2 Å². The SMILES string of the molecule is CC1CN(C#N)S(=O)(=O)C1=O. The number of nitriles is 1. The lowest BCUT2D eigenvalue weighted by Crippen LogP contribution is -2.22. The predicted octanol–water partition coefficient (Wildman–Crippen LogP) is -0.724. The van der Waals surface area contributed by atoms with Gasteiger partial charge in [0.25, 0.3) is 5.12 Å². The van der Waals surface area contributed by atoms with Gasteiger partial charge in [-0.3, -0.25) is 4.79 Å². The second-order valence-electron chi connectivity index (χ2n) is 2.36. The van der Waals surface area contributed by atoms with E-state index < -0.39 is 21.1 Å². The molecule has 0 aliphatic carbocycles. The van der Waals surface area contributed by atoms with Crippen LogP contribution in [0.2, 0.25) is 0 Å². The Balaban J connectivity index is 3.15. The summed E-state index contributed by atoms with van der Waals surface area (Å²) in [6.07, 6.45) is 1.44. The van der Waals surface area contributed by atoms with E-state index >= 15 is 0 Å². The zero-order valence-electron chi connectivity index (χ0n) is 5.81. The predicted molar refractivity (Wildman–Crippen MR) is 35.4 cm³/mol. The third kappa shape index (κ3) is 0.973. The molecule has 0 aromatic rings. The lowest BCUT2D eigenvalue weighted by atomic mass is 10.2. The molecule has 1 aliphatic heterocycles. The molecule has 1 aliphatic rings. The van der Waals surface area contributed by atoms with E-state index in [1.54, 1.807) is 0 Å². The fourth-order valence-electron chi connectivity index (χ4n) is 0.879. The Morgan fingerprint density at radius 1 is 1.73 bits per heavy atom. The van der Waals surface area contributed by atoms with Crippen LogP contribution in [-0.4, -0.2) is 24.4 Å². The van der Waals surface area contributed by atoms with Gasteiger partial charge in [0.05, 0.1) is 12.5 Å². The molecular formula is C5H6N2O3S. The molecule has 1 atom stereocenters. The number of hydrogen-bond acceptors (Lipinski definition) is 4. The van der Waals surface area contributed by atoms with Gasteiger partial charge in [-0.25, -0.2) is 0 Å². The number of rotatable bonds is 0. The van der Waals surface area contributed by atoms with Crippen molar-refractivity contribution in [1.29, 1.82) is 5.26 Å². The minimum Gasteiger partial charge on any atom is -0.279 e. The zero-order valence-corrected chi connectivity index (χ0v) is 6.63. The fraction of sp³-hybridized carbons (Fsp3) is 0.600. The summed E-state index contributed by atoms with van der Waals surface area (Å²) < 4.78 is 22.3. The van der Waals surface area contributed by atoms with Gasteiger partial charge in [-0.2, -0.15) is 18.0 Å². The van der Waals surface area contributed by atoms with Crippen LogP contribution in [0.3, 0.4) is 0 Å². The highest BCUT2D eigenvalue weighted by Crippen LogP contribution is 2.19. The number of hydrogen-bond donors (Lipinski definition) is 0. The first-order valence-corrected chi connectivity index (χ1v) is 4.40. The maximum atomic E-state index is 10.9. The maximum absolute atomic E-state index is 10.9. The molecule has 6 heteroatoms. The number of carbonyl (C=O) groups excluding carboxylic acids is 1. The minimum atomic E-state index is -3.93. The highest BCUT2D eigenvalue weighted by molar-refractivity contribution is 8.04. The highest BCUT2D eigenvalue weighted by Gasteiger charge is 2.42. The summed E-state index contributed by atoms with van der Waals surface area (Å²) in [5.41, 5.74) is 0. The molecule has 1 unspecified atom stereocenters. The third-order valence-electron chi connectivity index (χ3n) is 1.50. The summed E-state index contributed by atoms with van der Waals surface area (Å²) in [6, 6.07) is 0. The molecule has 11 heavy (non-hydrogen) atoms. The molecule has 0 amide bonds. The monoisotopic (exact) mass is 174 g/mol. The summed E-state index contributed by atoms with van der Waals surface area (Å²) in [7, 11) is -3.93. The quantitative estimate of drug-likeness (QED) is 0.454. The van der Waals surface area contributed by atoms with E-state index in [2.05, 4.69) is 0 Å². The molecule has 1 fully saturated rings. The summed E-state index contributed by atoms with van der Waals surface area (Å²) in [5.74, 6) is -0.584.